The van der Waals surface area contributed by atoms with E-state index < -0.39 is 0 Å². The van der Waals surface area contributed by atoms with E-state index in [0.29, 0.717) is 0 Å². The van der Waals surface area contributed by atoms with Gasteiger partial charge >= 0.3 is 0 Å². The minimum absolute atomic E-state index is 0.0841. The van der Waals surface area contributed by atoms with Crippen LogP contribution in [-0.4, -0.2) is 39.5 Å². The van der Waals surface area contributed by atoms with Crippen molar-refractivity contribution in [3.05, 3.63) is 39.9 Å². The van der Waals surface area contributed by atoms with Crippen LogP contribution in [0.25, 0.3) is 0 Å². The number of aryl methyl sites for hydroxylation is 2. The highest BCUT2D eigenvalue weighted by molar-refractivity contribution is 7.09. The van der Waals surface area contributed by atoms with Gasteiger partial charge in [0.25, 0.3) is 0 Å². The zero-order valence-electron chi connectivity index (χ0n) is 11.7. The molecule has 106 valence electrons. The quantitative estimate of drug-likeness (QED) is 0.866. The molecule has 0 bridgehead atoms. The molecule has 0 aromatic carbocycles. The summed E-state index contributed by atoms with van der Waals surface area (Å²) < 4.78 is 5.83. The van der Waals surface area contributed by atoms with E-state index in [0.717, 1.165) is 48.3 Å². The van der Waals surface area contributed by atoms with Crippen LogP contribution in [0.4, 0.5) is 0 Å². The maximum Gasteiger partial charge on any atom is 0.123 e. The first-order chi connectivity index (χ1) is 9.70. The van der Waals surface area contributed by atoms with Gasteiger partial charge in [0.15, 0.2) is 0 Å². The number of thiazole rings is 1. The van der Waals surface area contributed by atoms with E-state index in [2.05, 4.69) is 25.2 Å². The lowest BCUT2D eigenvalue weighted by Gasteiger charge is -2.31. The van der Waals surface area contributed by atoms with Crippen molar-refractivity contribution in [3.8, 4) is 0 Å². The van der Waals surface area contributed by atoms with E-state index in [1.165, 1.54) is 0 Å². The van der Waals surface area contributed by atoms with Gasteiger partial charge in [-0.1, -0.05) is 0 Å². The molecule has 0 spiro atoms. The van der Waals surface area contributed by atoms with E-state index in [-0.39, 0.29) is 6.10 Å². The first kappa shape index (κ1) is 13.6. The Labute approximate surface area is 122 Å². The van der Waals surface area contributed by atoms with Gasteiger partial charge in [0.05, 0.1) is 18.0 Å². The molecular weight excluding hydrogens is 272 g/mol. The monoisotopic (exact) mass is 290 g/mol. The molecule has 1 fully saturated rings. The molecule has 6 heteroatoms. The maximum absolute atomic E-state index is 5.83. The second-order valence-corrected chi connectivity index (χ2v) is 5.96. The molecule has 3 heterocycles. The SMILES string of the molecule is Cc1cnc(CN2CCO[C@@H](c3nc(C)cs3)C2)cn1. The third-order valence-electron chi connectivity index (χ3n) is 3.28. The van der Waals surface area contributed by atoms with Gasteiger partial charge in [0.2, 0.25) is 0 Å². The topological polar surface area (TPSA) is 51.1 Å². The highest BCUT2D eigenvalue weighted by Crippen LogP contribution is 2.25. The molecular formula is C14H18N4OS. The fraction of sp³-hybridized carbons (Fsp3) is 0.500. The normalized spacial score (nSPS) is 20.2. The average molecular weight is 290 g/mol. The maximum atomic E-state index is 5.83. The lowest BCUT2D eigenvalue weighted by Crippen LogP contribution is -2.38. The smallest absolute Gasteiger partial charge is 0.123 e. The van der Waals surface area contributed by atoms with Crippen molar-refractivity contribution in [2.24, 2.45) is 0 Å². The number of morpholine rings is 1. The van der Waals surface area contributed by atoms with Gasteiger partial charge < -0.3 is 4.74 Å². The minimum Gasteiger partial charge on any atom is -0.368 e. The summed E-state index contributed by atoms with van der Waals surface area (Å²) in [5, 5.41) is 3.14. The van der Waals surface area contributed by atoms with E-state index >= 15 is 0 Å². The molecule has 0 amide bonds. The number of aromatic nitrogens is 3. The molecule has 2 aromatic heterocycles. The van der Waals surface area contributed by atoms with Crippen molar-refractivity contribution in [2.45, 2.75) is 26.5 Å². The first-order valence-electron chi connectivity index (χ1n) is 6.74. The molecule has 1 aliphatic rings. The van der Waals surface area contributed by atoms with Gasteiger partial charge in [0.1, 0.15) is 11.1 Å². The standard InChI is InChI=1S/C14H18N4OS/c1-10-5-16-12(6-15-10)7-18-3-4-19-13(8-18)14-17-11(2)9-20-14/h5-6,9,13H,3-4,7-8H2,1-2H3/t13-/m1/s1. The van der Waals surface area contributed by atoms with E-state index in [9.17, 15) is 0 Å². The van der Waals surface area contributed by atoms with Crippen molar-refractivity contribution < 1.29 is 4.74 Å². The minimum atomic E-state index is 0.0841. The largest absolute Gasteiger partial charge is 0.368 e. The van der Waals surface area contributed by atoms with Gasteiger partial charge in [-0.25, -0.2) is 4.98 Å². The van der Waals surface area contributed by atoms with Crippen LogP contribution in [0.3, 0.4) is 0 Å². The van der Waals surface area contributed by atoms with Crippen LogP contribution < -0.4 is 0 Å². The summed E-state index contributed by atoms with van der Waals surface area (Å²) in [6.45, 7) is 7.31. The molecule has 0 unspecified atom stereocenters. The highest BCUT2D eigenvalue weighted by atomic mass is 32.1. The number of nitrogens with zero attached hydrogens (tertiary/aromatic N) is 4. The third kappa shape index (κ3) is 3.20. The first-order valence-corrected chi connectivity index (χ1v) is 7.62. The third-order valence-corrected chi connectivity index (χ3v) is 4.34. The van der Waals surface area contributed by atoms with E-state index in [1.807, 2.05) is 26.2 Å². The van der Waals surface area contributed by atoms with E-state index in [4.69, 9.17) is 4.74 Å². The molecule has 1 aliphatic heterocycles. The molecule has 0 N–H and O–H groups in total. The zero-order chi connectivity index (χ0) is 13.9. The van der Waals surface area contributed by atoms with Crippen molar-refractivity contribution in [1.82, 2.24) is 19.9 Å². The van der Waals surface area contributed by atoms with Gasteiger partial charge in [-0.05, 0) is 13.8 Å². The van der Waals surface area contributed by atoms with Gasteiger partial charge in [-0.3, -0.25) is 14.9 Å². The molecule has 2 aromatic rings. The fourth-order valence-corrected chi connectivity index (χ4v) is 3.08. The van der Waals surface area contributed by atoms with Crippen molar-refractivity contribution in [1.29, 1.82) is 0 Å². The summed E-state index contributed by atoms with van der Waals surface area (Å²) in [4.78, 5) is 15.6. The average Bonchev–Trinajstić information content (AvgIpc) is 2.89. The summed E-state index contributed by atoms with van der Waals surface area (Å²) in [6, 6.07) is 0. The van der Waals surface area contributed by atoms with Gasteiger partial charge in [-0.2, -0.15) is 0 Å². The molecule has 5 nitrogen and oxygen atoms in total. The molecule has 1 atom stereocenters. The highest BCUT2D eigenvalue weighted by Gasteiger charge is 2.24. The summed E-state index contributed by atoms with van der Waals surface area (Å²) in [6.07, 6.45) is 3.76. The Morgan fingerprint density at radius 3 is 2.90 bits per heavy atom. The van der Waals surface area contributed by atoms with Gasteiger partial charge in [0, 0.05) is 43.1 Å². The Kier molecular flexibility index (Phi) is 4.05. The number of ether oxygens (including phenoxy) is 1. The van der Waals surface area contributed by atoms with Crippen molar-refractivity contribution >= 4 is 11.3 Å². The Morgan fingerprint density at radius 1 is 1.30 bits per heavy atom. The van der Waals surface area contributed by atoms with Crippen LogP contribution in [0.2, 0.25) is 0 Å². The molecule has 1 saturated heterocycles. The number of rotatable bonds is 3. The summed E-state index contributed by atoms with van der Waals surface area (Å²) in [7, 11) is 0. The molecule has 0 radical (unpaired) electrons. The van der Waals surface area contributed by atoms with Crippen LogP contribution in [0.1, 0.15) is 28.2 Å². The van der Waals surface area contributed by atoms with Crippen LogP contribution in [0.5, 0.6) is 0 Å². The van der Waals surface area contributed by atoms with Crippen LogP contribution in [0.15, 0.2) is 17.8 Å². The Morgan fingerprint density at radius 2 is 2.20 bits per heavy atom. The van der Waals surface area contributed by atoms with Crippen molar-refractivity contribution in [2.75, 3.05) is 19.7 Å². The molecule has 0 aliphatic carbocycles. The summed E-state index contributed by atoms with van der Waals surface area (Å²) in [5.41, 5.74) is 3.02. The second-order valence-electron chi connectivity index (χ2n) is 5.07. The fourth-order valence-electron chi connectivity index (χ4n) is 2.25. The predicted molar refractivity (Wildman–Crippen MR) is 77.6 cm³/mol. The van der Waals surface area contributed by atoms with E-state index in [1.54, 1.807) is 11.3 Å². The van der Waals surface area contributed by atoms with Crippen LogP contribution in [-0.2, 0) is 11.3 Å². The molecule has 20 heavy (non-hydrogen) atoms. The molecule has 3 rings (SSSR count). The van der Waals surface area contributed by atoms with Gasteiger partial charge in [-0.15, -0.1) is 11.3 Å². The van der Waals surface area contributed by atoms with Crippen LogP contribution in [0, 0.1) is 13.8 Å². The Bertz CT molecular complexity index is 569. The Balaban J connectivity index is 1.64. The Hall–Kier alpha value is -1.37. The van der Waals surface area contributed by atoms with Crippen LogP contribution >= 0.6 is 11.3 Å². The summed E-state index contributed by atoms with van der Waals surface area (Å²) >= 11 is 1.68. The lowest BCUT2D eigenvalue weighted by atomic mass is 10.2. The number of hydrogen-bond acceptors (Lipinski definition) is 6. The predicted octanol–water partition coefficient (Wildman–Crippen LogP) is 2.12. The number of hydrogen-bond donors (Lipinski definition) is 0. The van der Waals surface area contributed by atoms with Crippen molar-refractivity contribution in [3.63, 3.8) is 0 Å². The zero-order valence-corrected chi connectivity index (χ0v) is 12.6. The second kappa shape index (κ2) is 5.95. The lowest BCUT2D eigenvalue weighted by molar-refractivity contribution is -0.0334. The summed E-state index contributed by atoms with van der Waals surface area (Å²) in [5.74, 6) is 0. The molecule has 0 saturated carbocycles.